The number of pyridine rings is 1. The van der Waals surface area contributed by atoms with Crippen LogP contribution in [0.2, 0.25) is 0 Å². The van der Waals surface area contributed by atoms with Crippen molar-refractivity contribution in [3.63, 3.8) is 0 Å². The van der Waals surface area contributed by atoms with E-state index in [1.165, 1.54) is 6.20 Å². The average Bonchev–Trinajstić information content (AvgIpc) is 2.40. The second kappa shape index (κ2) is 9.77. The first-order chi connectivity index (χ1) is 8.77. The fourth-order valence-electron chi connectivity index (χ4n) is 1.84. The van der Waals surface area contributed by atoms with Gasteiger partial charge in [0.2, 0.25) is 0 Å². The minimum absolute atomic E-state index is 0. The molecule has 1 aromatic rings. The molecule has 1 aliphatic heterocycles. The molecule has 1 aliphatic rings. The Hall–Kier alpha value is -1.08. The maximum atomic E-state index is 11.8. The van der Waals surface area contributed by atoms with Gasteiger partial charge in [-0.25, -0.2) is 0 Å². The van der Waals surface area contributed by atoms with Crippen LogP contribution in [0.3, 0.4) is 0 Å². The van der Waals surface area contributed by atoms with Crippen LogP contribution in [0, 0.1) is 0 Å². The lowest BCUT2D eigenvalue weighted by atomic mass is 10.2. The molecule has 0 radical (unpaired) electrons. The number of hydrogen-bond acceptors (Lipinski definition) is 5. The lowest BCUT2D eigenvalue weighted by Gasteiger charge is -2.26. The minimum atomic E-state index is -0.172. The molecule has 1 saturated heterocycles. The van der Waals surface area contributed by atoms with Crippen LogP contribution in [0.5, 0.6) is 0 Å². The van der Waals surface area contributed by atoms with Gasteiger partial charge < -0.3 is 15.8 Å². The maximum absolute atomic E-state index is 11.8. The normalized spacial score (nSPS) is 14.8. The predicted octanol–water partition coefficient (Wildman–Crippen LogP) is 0.569. The molecule has 0 aliphatic carbocycles. The van der Waals surface area contributed by atoms with Crippen molar-refractivity contribution in [2.45, 2.75) is 0 Å². The lowest BCUT2D eigenvalue weighted by Crippen LogP contribution is -2.41. The van der Waals surface area contributed by atoms with Gasteiger partial charge in [0.05, 0.1) is 18.8 Å². The van der Waals surface area contributed by atoms with Crippen molar-refractivity contribution >= 4 is 36.4 Å². The van der Waals surface area contributed by atoms with Gasteiger partial charge in [0.15, 0.2) is 0 Å². The highest BCUT2D eigenvalue weighted by Gasteiger charge is 2.12. The molecule has 114 valence electrons. The summed E-state index contributed by atoms with van der Waals surface area (Å²) in [5.41, 5.74) is 6.59. The third-order valence-corrected chi connectivity index (χ3v) is 2.92. The van der Waals surface area contributed by atoms with E-state index in [0.29, 0.717) is 17.8 Å². The summed E-state index contributed by atoms with van der Waals surface area (Å²) in [6, 6.07) is 1.62. The van der Waals surface area contributed by atoms with Gasteiger partial charge in [0.25, 0.3) is 5.91 Å². The van der Waals surface area contributed by atoms with Gasteiger partial charge in [0.1, 0.15) is 0 Å². The number of nitrogens with one attached hydrogen (secondary N) is 1. The molecule has 0 unspecified atom stereocenters. The molecular formula is C12H20Cl2N4O2. The summed E-state index contributed by atoms with van der Waals surface area (Å²) >= 11 is 0. The number of halogens is 2. The molecule has 0 atom stereocenters. The summed E-state index contributed by atoms with van der Waals surface area (Å²) < 4.78 is 5.26. The summed E-state index contributed by atoms with van der Waals surface area (Å²) in [5.74, 6) is -0.172. The number of aromatic nitrogens is 1. The van der Waals surface area contributed by atoms with Crippen LogP contribution in [0.25, 0.3) is 0 Å². The molecule has 1 amide bonds. The van der Waals surface area contributed by atoms with Crippen LogP contribution >= 0.6 is 24.8 Å². The molecule has 2 rings (SSSR count). The molecule has 2 heterocycles. The van der Waals surface area contributed by atoms with Crippen molar-refractivity contribution in [1.29, 1.82) is 0 Å². The summed E-state index contributed by atoms with van der Waals surface area (Å²) in [6.07, 6.45) is 3.05. The van der Waals surface area contributed by atoms with Crippen molar-refractivity contribution in [2.75, 3.05) is 45.1 Å². The van der Waals surface area contributed by atoms with Crippen molar-refractivity contribution in [3.05, 3.63) is 24.0 Å². The number of ether oxygens (including phenoxy) is 1. The number of hydrogen-bond donors (Lipinski definition) is 2. The minimum Gasteiger partial charge on any atom is -0.398 e. The van der Waals surface area contributed by atoms with Gasteiger partial charge in [-0.3, -0.25) is 14.7 Å². The average molecular weight is 323 g/mol. The second-order valence-electron chi connectivity index (χ2n) is 4.17. The highest BCUT2D eigenvalue weighted by Crippen LogP contribution is 2.07. The van der Waals surface area contributed by atoms with Crippen LogP contribution in [0.1, 0.15) is 10.4 Å². The zero-order valence-corrected chi connectivity index (χ0v) is 12.7. The van der Waals surface area contributed by atoms with Gasteiger partial charge in [-0.05, 0) is 6.07 Å². The van der Waals surface area contributed by atoms with Gasteiger partial charge in [-0.2, -0.15) is 0 Å². The first-order valence-corrected chi connectivity index (χ1v) is 6.05. The Morgan fingerprint density at radius 1 is 1.40 bits per heavy atom. The van der Waals surface area contributed by atoms with E-state index >= 15 is 0 Å². The number of carbonyl (C=O) groups is 1. The quantitative estimate of drug-likeness (QED) is 0.847. The van der Waals surface area contributed by atoms with Crippen LogP contribution in [-0.4, -0.2) is 55.2 Å². The Kier molecular flexibility index (Phi) is 9.24. The number of nitrogens with two attached hydrogens (primary N) is 1. The van der Waals surface area contributed by atoms with E-state index in [0.717, 1.165) is 32.8 Å². The monoisotopic (exact) mass is 322 g/mol. The standard InChI is InChI=1S/C12H18N4O2.2ClH/c13-11-1-2-14-9-10(11)12(17)15-3-4-16-5-7-18-8-6-16;;/h1-2,9H,3-8H2,(H2,13,14)(H,15,17);2*1H. The Labute approximate surface area is 130 Å². The summed E-state index contributed by atoms with van der Waals surface area (Å²) in [4.78, 5) is 18.0. The van der Waals surface area contributed by atoms with Crippen molar-refractivity contribution in [3.8, 4) is 0 Å². The predicted molar refractivity (Wildman–Crippen MR) is 82.7 cm³/mol. The Morgan fingerprint density at radius 3 is 2.75 bits per heavy atom. The van der Waals surface area contributed by atoms with Crippen molar-refractivity contribution < 1.29 is 9.53 Å². The summed E-state index contributed by atoms with van der Waals surface area (Å²) in [7, 11) is 0. The van der Waals surface area contributed by atoms with E-state index in [1.807, 2.05) is 0 Å². The third-order valence-electron chi connectivity index (χ3n) is 2.92. The highest BCUT2D eigenvalue weighted by molar-refractivity contribution is 5.98. The molecule has 0 spiro atoms. The summed E-state index contributed by atoms with van der Waals surface area (Å²) in [5, 5.41) is 2.85. The zero-order chi connectivity index (χ0) is 12.8. The Morgan fingerprint density at radius 2 is 2.10 bits per heavy atom. The van der Waals surface area contributed by atoms with E-state index in [4.69, 9.17) is 10.5 Å². The van der Waals surface area contributed by atoms with Crippen LogP contribution in [0.4, 0.5) is 5.69 Å². The third kappa shape index (κ3) is 5.50. The number of nitrogens with zero attached hydrogens (tertiary/aromatic N) is 2. The molecule has 0 bridgehead atoms. The fraction of sp³-hybridized carbons (Fsp3) is 0.500. The van der Waals surface area contributed by atoms with E-state index in [-0.39, 0.29) is 30.7 Å². The first-order valence-electron chi connectivity index (χ1n) is 6.05. The van der Waals surface area contributed by atoms with E-state index in [1.54, 1.807) is 12.3 Å². The number of nitrogen functional groups attached to an aromatic ring is 1. The lowest BCUT2D eigenvalue weighted by molar-refractivity contribution is 0.0383. The van der Waals surface area contributed by atoms with Crippen molar-refractivity contribution in [2.24, 2.45) is 0 Å². The Bertz CT molecular complexity index is 414. The number of carbonyl (C=O) groups excluding carboxylic acids is 1. The van der Waals surface area contributed by atoms with Crippen LogP contribution < -0.4 is 11.1 Å². The van der Waals surface area contributed by atoms with Crippen LogP contribution in [-0.2, 0) is 4.74 Å². The van der Waals surface area contributed by atoms with E-state index < -0.39 is 0 Å². The maximum Gasteiger partial charge on any atom is 0.254 e. The van der Waals surface area contributed by atoms with Gasteiger partial charge in [-0.1, -0.05) is 0 Å². The highest BCUT2D eigenvalue weighted by atomic mass is 35.5. The number of amides is 1. The number of anilines is 1. The Balaban J connectivity index is 0.00000180. The van der Waals surface area contributed by atoms with Gasteiger partial charge in [-0.15, -0.1) is 24.8 Å². The fourth-order valence-corrected chi connectivity index (χ4v) is 1.84. The second-order valence-corrected chi connectivity index (χ2v) is 4.17. The number of morpholine rings is 1. The van der Waals surface area contributed by atoms with E-state index in [2.05, 4.69) is 15.2 Å². The smallest absolute Gasteiger partial charge is 0.254 e. The molecule has 8 heteroatoms. The van der Waals surface area contributed by atoms with Crippen LogP contribution in [0.15, 0.2) is 18.5 Å². The molecule has 0 aromatic carbocycles. The topological polar surface area (TPSA) is 80.5 Å². The molecular weight excluding hydrogens is 303 g/mol. The SMILES string of the molecule is Cl.Cl.Nc1ccncc1C(=O)NCCN1CCOCC1. The molecule has 6 nitrogen and oxygen atoms in total. The molecule has 0 saturated carbocycles. The van der Waals surface area contributed by atoms with Gasteiger partial charge in [0, 0.05) is 44.3 Å². The zero-order valence-electron chi connectivity index (χ0n) is 11.1. The first kappa shape index (κ1) is 18.9. The van der Waals surface area contributed by atoms with E-state index in [9.17, 15) is 4.79 Å². The molecule has 20 heavy (non-hydrogen) atoms. The number of rotatable bonds is 4. The van der Waals surface area contributed by atoms with Crippen molar-refractivity contribution in [1.82, 2.24) is 15.2 Å². The van der Waals surface area contributed by atoms with Gasteiger partial charge >= 0.3 is 0 Å². The summed E-state index contributed by atoms with van der Waals surface area (Å²) in [6.45, 7) is 4.81. The molecule has 3 N–H and O–H groups in total. The molecule has 1 fully saturated rings. The molecule has 1 aromatic heterocycles. The largest absolute Gasteiger partial charge is 0.398 e.